The molecule has 1 fully saturated rings. The second-order valence-electron chi connectivity index (χ2n) is 8.71. The standard InChI is InChI=1S/C23H37N7O2/c1-5-15(2)13-21-28-23(29-32-21)26-14-19(30(4)25)22(24)18-11-12-20(16(3)27-18)31-17-9-7-6-8-10-17/h11-12,15,17H,5-10,13-14,24-25H2,1-4H3,(H,26,29)/b22-19-. The Morgan fingerprint density at radius 3 is 2.69 bits per heavy atom. The van der Waals surface area contributed by atoms with Crippen molar-refractivity contribution >= 4 is 11.6 Å². The van der Waals surface area contributed by atoms with Gasteiger partial charge in [0.2, 0.25) is 5.89 Å². The van der Waals surface area contributed by atoms with Gasteiger partial charge in [-0.15, -0.1) is 0 Å². The summed E-state index contributed by atoms with van der Waals surface area (Å²) >= 11 is 0. The molecule has 9 nitrogen and oxygen atoms in total. The Morgan fingerprint density at radius 2 is 2.03 bits per heavy atom. The summed E-state index contributed by atoms with van der Waals surface area (Å²) in [7, 11) is 1.74. The molecule has 0 saturated heterocycles. The van der Waals surface area contributed by atoms with E-state index < -0.39 is 0 Å². The molecule has 176 valence electrons. The number of aromatic nitrogens is 3. The van der Waals surface area contributed by atoms with Crippen LogP contribution in [-0.4, -0.2) is 39.8 Å². The molecule has 0 radical (unpaired) electrons. The highest BCUT2D eigenvalue weighted by Crippen LogP contribution is 2.26. The fourth-order valence-corrected chi connectivity index (χ4v) is 3.76. The van der Waals surface area contributed by atoms with Crippen LogP contribution >= 0.6 is 0 Å². The number of hydrazine groups is 1. The minimum atomic E-state index is 0.276. The van der Waals surface area contributed by atoms with Crippen molar-refractivity contribution in [2.75, 3.05) is 18.9 Å². The second kappa shape index (κ2) is 11.2. The topological polar surface area (TPSA) is 128 Å². The summed E-state index contributed by atoms with van der Waals surface area (Å²) in [6, 6.07) is 3.82. The predicted molar refractivity (Wildman–Crippen MR) is 125 cm³/mol. The van der Waals surface area contributed by atoms with Crippen molar-refractivity contribution in [3.05, 3.63) is 35.1 Å². The van der Waals surface area contributed by atoms with Gasteiger partial charge in [0.05, 0.1) is 35.4 Å². The molecule has 1 aliphatic carbocycles. The third-order valence-electron chi connectivity index (χ3n) is 6.00. The van der Waals surface area contributed by atoms with Crippen molar-refractivity contribution in [1.82, 2.24) is 20.1 Å². The van der Waals surface area contributed by atoms with Crippen molar-refractivity contribution in [3.63, 3.8) is 0 Å². The quantitative estimate of drug-likeness (QED) is 0.372. The SMILES string of the molecule is CCC(C)Cc1nc(NC/C(=C(/N)c2ccc(OC3CCCCC3)c(C)n2)N(C)N)no1. The number of rotatable bonds is 10. The number of nitrogens with one attached hydrogen (secondary N) is 1. The van der Waals surface area contributed by atoms with Crippen LogP contribution in [0.5, 0.6) is 5.75 Å². The summed E-state index contributed by atoms with van der Waals surface area (Å²) in [4.78, 5) is 9.07. The van der Waals surface area contributed by atoms with Crippen molar-refractivity contribution < 1.29 is 9.26 Å². The number of aryl methyl sites for hydroxylation is 1. The molecule has 32 heavy (non-hydrogen) atoms. The number of hydrogen-bond acceptors (Lipinski definition) is 9. The maximum absolute atomic E-state index is 6.45. The second-order valence-corrected chi connectivity index (χ2v) is 8.71. The van der Waals surface area contributed by atoms with Crippen LogP contribution in [0.3, 0.4) is 0 Å². The van der Waals surface area contributed by atoms with E-state index in [0.29, 0.717) is 41.4 Å². The predicted octanol–water partition coefficient (Wildman–Crippen LogP) is 3.62. The number of anilines is 1. The lowest BCUT2D eigenvalue weighted by atomic mass is 9.98. The molecule has 3 rings (SSSR count). The third kappa shape index (κ3) is 6.35. The van der Waals surface area contributed by atoms with E-state index in [9.17, 15) is 0 Å². The molecule has 5 N–H and O–H groups in total. The average molecular weight is 444 g/mol. The summed E-state index contributed by atoms with van der Waals surface area (Å²) in [5.74, 6) is 8.39. The molecule has 0 amide bonds. The zero-order valence-electron chi connectivity index (χ0n) is 19.7. The number of hydrogen-bond donors (Lipinski definition) is 3. The molecule has 0 aliphatic heterocycles. The van der Waals surface area contributed by atoms with Gasteiger partial charge in [-0.3, -0.25) is 0 Å². The molecule has 1 aliphatic rings. The van der Waals surface area contributed by atoms with Gasteiger partial charge in [-0.1, -0.05) is 26.7 Å². The first-order valence-corrected chi connectivity index (χ1v) is 11.6. The first kappa shape index (κ1) is 23.8. The van der Waals surface area contributed by atoms with Gasteiger partial charge in [0.25, 0.3) is 5.95 Å². The molecule has 2 aromatic rings. The number of pyridine rings is 1. The summed E-state index contributed by atoms with van der Waals surface area (Å²) in [6.45, 7) is 6.57. The molecule has 1 saturated carbocycles. The summed E-state index contributed by atoms with van der Waals surface area (Å²) in [5, 5.41) is 8.61. The van der Waals surface area contributed by atoms with Crippen LogP contribution < -0.4 is 21.6 Å². The van der Waals surface area contributed by atoms with Crippen LogP contribution in [0, 0.1) is 12.8 Å². The van der Waals surface area contributed by atoms with Crippen LogP contribution in [0.4, 0.5) is 5.95 Å². The Bertz CT molecular complexity index is 903. The molecule has 1 atom stereocenters. The van der Waals surface area contributed by atoms with E-state index in [0.717, 1.165) is 37.1 Å². The van der Waals surface area contributed by atoms with Gasteiger partial charge in [0.1, 0.15) is 5.75 Å². The molecule has 9 heteroatoms. The van der Waals surface area contributed by atoms with Crippen LogP contribution in [-0.2, 0) is 6.42 Å². The molecule has 0 spiro atoms. The van der Waals surface area contributed by atoms with E-state index in [-0.39, 0.29) is 6.10 Å². The van der Waals surface area contributed by atoms with E-state index >= 15 is 0 Å². The van der Waals surface area contributed by atoms with Crippen LogP contribution in [0.25, 0.3) is 5.70 Å². The lowest BCUT2D eigenvalue weighted by Gasteiger charge is -2.24. The fourth-order valence-electron chi connectivity index (χ4n) is 3.76. The van der Waals surface area contributed by atoms with Gasteiger partial charge >= 0.3 is 0 Å². The fraction of sp³-hybridized carbons (Fsp3) is 0.609. The maximum Gasteiger partial charge on any atom is 0.263 e. The van der Waals surface area contributed by atoms with E-state index in [1.807, 2.05) is 19.1 Å². The first-order valence-electron chi connectivity index (χ1n) is 11.6. The van der Waals surface area contributed by atoms with E-state index in [2.05, 4.69) is 34.3 Å². The molecule has 2 aromatic heterocycles. The normalized spacial score (nSPS) is 16.4. The maximum atomic E-state index is 6.45. The van der Waals surface area contributed by atoms with Crippen LogP contribution in [0.2, 0.25) is 0 Å². The van der Waals surface area contributed by atoms with Crippen LogP contribution in [0.15, 0.2) is 22.4 Å². The van der Waals surface area contributed by atoms with Gasteiger partial charge in [0, 0.05) is 13.5 Å². The number of nitrogens with two attached hydrogens (primary N) is 2. The van der Waals surface area contributed by atoms with Crippen LogP contribution in [0.1, 0.15) is 69.7 Å². The third-order valence-corrected chi connectivity index (χ3v) is 6.00. The monoisotopic (exact) mass is 443 g/mol. The van der Waals surface area contributed by atoms with Crippen molar-refractivity contribution in [2.24, 2.45) is 17.5 Å². The molecular weight excluding hydrogens is 406 g/mol. The molecule has 1 unspecified atom stereocenters. The van der Waals surface area contributed by atoms with Crippen molar-refractivity contribution in [1.29, 1.82) is 0 Å². The summed E-state index contributed by atoms with van der Waals surface area (Å²) < 4.78 is 11.5. The minimum Gasteiger partial charge on any atom is -0.489 e. The summed E-state index contributed by atoms with van der Waals surface area (Å²) in [5.41, 5.74) is 9.07. The smallest absolute Gasteiger partial charge is 0.263 e. The Labute approximate surface area is 190 Å². The Kier molecular flexibility index (Phi) is 8.33. The minimum absolute atomic E-state index is 0.276. The molecular formula is C23H37N7O2. The first-order chi connectivity index (χ1) is 15.4. The van der Waals surface area contributed by atoms with Gasteiger partial charge in [-0.05, 0) is 55.8 Å². The molecule has 0 bridgehead atoms. The lowest BCUT2D eigenvalue weighted by molar-refractivity contribution is 0.153. The Hall–Kier alpha value is -2.81. The van der Waals surface area contributed by atoms with Gasteiger partial charge in [-0.25, -0.2) is 10.8 Å². The van der Waals surface area contributed by atoms with Crippen molar-refractivity contribution in [2.45, 2.75) is 71.8 Å². The van der Waals surface area contributed by atoms with Gasteiger partial charge < -0.3 is 25.3 Å². The number of likely N-dealkylation sites (N-methyl/N-ethyl adjacent to an activating group) is 1. The summed E-state index contributed by atoms with van der Waals surface area (Å²) in [6.07, 6.45) is 8.04. The highest BCUT2D eigenvalue weighted by atomic mass is 16.5. The van der Waals surface area contributed by atoms with E-state index in [1.54, 1.807) is 7.05 Å². The number of nitrogens with zero attached hydrogens (tertiary/aromatic N) is 4. The molecule has 2 heterocycles. The Balaban J connectivity index is 1.69. The van der Waals surface area contributed by atoms with E-state index in [1.165, 1.54) is 24.3 Å². The zero-order valence-corrected chi connectivity index (χ0v) is 19.7. The Morgan fingerprint density at radius 1 is 1.28 bits per heavy atom. The highest BCUT2D eigenvalue weighted by Gasteiger charge is 2.18. The van der Waals surface area contributed by atoms with E-state index in [4.69, 9.17) is 20.8 Å². The van der Waals surface area contributed by atoms with Gasteiger partial charge in [-0.2, -0.15) is 4.98 Å². The lowest BCUT2D eigenvalue weighted by Crippen LogP contribution is -2.32. The largest absolute Gasteiger partial charge is 0.489 e. The number of ether oxygens (including phenoxy) is 1. The van der Waals surface area contributed by atoms with Gasteiger partial charge in [0.15, 0.2) is 0 Å². The highest BCUT2D eigenvalue weighted by molar-refractivity contribution is 5.64. The average Bonchev–Trinajstić information content (AvgIpc) is 3.22. The zero-order chi connectivity index (χ0) is 23.1. The molecule has 0 aromatic carbocycles. The van der Waals surface area contributed by atoms with Crippen molar-refractivity contribution in [3.8, 4) is 5.75 Å².